The van der Waals surface area contributed by atoms with E-state index in [9.17, 15) is 0 Å². The molecule has 6 heavy (non-hydrogen) atoms. The molecule has 0 aliphatic rings. The number of hydrogen-bond acceptors (Lipinski definition) is 4. The monoisotopic (exact) mass is 158 g/mol. The van der Waals surface area contributed by atoms with Crippen molar-refractivity contribution in [2.24, 2.45) is 0 Å². The highest BCUT2D eigenvalue weighted by Crippen LogP contribution is 2.11. The van der Waals surface area contributed by atoms with Gasteiger partial charge in [0.05, 0.1) is 0 Å². The lowest BCUT2D eigenvalue weighted by Crippen LogP contribution is -1.72. The Hall–Kier alpha value is 1.40. The van der Waals surface area contributed by atoms with Crippen LogP contribution in [-0.4, -0.2) is 11.5 Å². The van der Waals surface area contributed by atoms with Crippen LogP contribution in [0.3, 0.4) is 0 Å². The third-order valence-corrected chi connectivity index (χ3v) is 2.39. The molecule has 0 N–H and O–H groups in total. The Bertz CT molecular complexity index is 17.5. The van der Waals surface area contributed by atoms with E-state index < -0.39 is 0 Å². The largest absolute Gasteiger partial charge is 0.111 e. The van der Waals surface area contributed by atoms with Crippen LogP contribution in [0.2, 0.25) is 0 Å². The van der Waals surface area contributed by atoms with Crippen molar-refractivity contribution < 1.29 is 0 Å². The summed E-state index contributed by atoms with van der Waals surface area (Å²) >= 11 is 7.85. The Kier molecular flexibility index (Phi) is 7.89. The minimum absolute atomic E-state index is 1.08. The Labute approximate surface area is 56.5 Å². The third-order valence-electron chi connectivity index (χ3n) is 0.266. The van der Waals surface area contributed by atoms with Crippen LogP contribution in [0.25, 0.3) is 0 Å². The summed E-state index contributed by atoms with van der Waals surface area (Å²) in [6.07, 6.45) is 0. The van der Waals surface area contributed by atoms with Gasteiger partial charge in [0.15, 0.2) is 0 Å². The van der Waals surface area contributed by atoms with Gasteiger partial charge in [-0.15, -0.1) is 23.3 Å². The summed E-state index contributed by atoms with van der Waals surface area (Å²) in [7, 11) is 3.10. The maximum atomic E-state index is 3.92. The molecule has 0 bridgehead atoms. The predicted octanol–water partition coefficient (Wildman–Crippen LogP) is 2.14. The normalized spacial score (nSPS) is 9.00. The maximum Gasteiger partial charge on any atom is 0.0134 e. The molecule has 38 valence electrons. The molecule has 0 nitrogen and oxygen atoms in total. The smallest absolute Gasteiger partial charge is 0.0134 e. The summed E-state index contributed by atoms with van der Waals surface area (Å²) < 4.78 is 0. The van der Waals surface area contributed by atoms with Gasteiger partial charge in [-0.05, 0) is 0 Å². The van der Waals surface area contributed by atoms with Crippen LogP contribution in [-0.2, 0) is 0 Å². The molecule has 0 saturated heterocycles. The van der Waals surface area contributed by atoms with E-state index >= 15 is 0 Å². The summed E-state index contributed by atoms with van der Waals surface area (Å²) in [4.78, 5) is 0. The van der Waals surface area contributed by atoms with Gasteiger partial charge in [-0.1, -0.05) is 21.6 Å². The SMILES string of the molecule is SSCCSS. The van der Waals surface area contributed by atoms with Gasteiger partial charge in [-0.2, -0.15) is 0 Å². The zero-order valence-electron chi connectivity index (χ0n) is 3.13. The van der Waals surface area contributed by atoms with E-state index in [1.165, 1.54) is 0 Å². The van der Waals surface area contributed by atoms with Crippen molar-refractivity contribution in [3.05, 3.63) is 0 Å². The third kappa shape index (κ3) is 5.40. The fourth-order valence-electron chi connectivity index (χ4n) is 0.0745. The van der Waals surface area contributed by atoms with E-state index in [0.717, 1.165) is 11.5 Å². The van der Waals surface area contributed by atoms with Crippen molar-refractivity contribution >= 4 is 44.9 Å². The minimum atomic E-state index is 1.08. The molecule has 0 spiro atoms. The first-order valence-corrected chi connectivity index (χ1v) is 5.52. The first-order valence-electron chi connectivity index (χ1n) is 1.44. The molecule has 0 atom stereocenters. The van der Waals surface area contributed by atoms with E-state index in [-0.39, 0.29) is 0 Å². The number of thiol groups is 2. The maximum absolute atomic E-state index is 3.92. The lowest BCUT2D eigenvalue weighted by atomic mass is 11.0. The van der Waals surface area contributed by atoms with Gasteiger partial charge < -0.3 is 0 Å². The summed E-state index contributed by atoms with van der Waals surface area (Å²) in [5.41, 5.74) is 0. The van der Waals surface area contributed by atoms with Gasteiger partial charge in [0, 0.05) is 11.5 Å². The average Bonchev–Trinajstić information content (AvgIpc) is 1.61. The van der Waals surface area contributed by atoms with E-state index in [1.54, 1.807) is 21.6 Å². The van der Waals surface area contributed by atoms with E-state index in [2.05, 4.69) is 23.3 Å². The molecule has 0 fully saturated rings. The van der Waals surface area contributed by atoms with E-state index in [0.29, 0.717) is 0 Å². The standard InChI is InChI=1S/C2H6S4/c3-5-1-2-6-4/h3-4H,1-2H2. The highest BCUT2D eigenvalue weighted by Gasteiger charge is 1.77. The first kappa shape index (κ1) is 7.40. The molecular weight excluding hydrogens is 152 g/mol. The molecule has 0 aromatic rings. The first-order chi connectivity index (χ1) is 2.91. The number of rotatable bonds is 3. The fraction of sp³-hybridized carbons (Fsp3) is 1.00. The lowest BCUT2D eigenvalue weighted by molar-refractivity contribution is 1.58. The number of hydrogen-bond donors (Lipinski definition) is 2. The quantitative estimate of drug-likeness (QED) is 0.367. The zero-order valence-corrected chi connectivity index (χ0v) is 6.55. The van der Waals surface area contributed by atoms with Crippen molar-refractivity contribution in [2.45, 2.75) is 0 Å². The molecule has 0 aromatic carbocycles. The van der Waals surface area contributed by atoms with Gasteiger partial charge in [0.2, 0.25) is 0 Å². The van der Waals surface area contributed by atoms with Crippen LogP contribution in [0, 0.1) is 0 Å². The average molecular weight is 158 g/mol. The molecule has 0 saturated carbocycles. The molecule has 0 aromatic heterocycles. The van der Waals surface area contributed by atoms with Crippen LogP contribution >= 0.6 is 44.9 Å². The van der Waals surface area contributed by atoms with Crippen molar-refractivity contribution in [3.63, 3.8) is 0 Å². The van der Waals surface area contributed by atoms with Gasteiger partial charge in [0.25, 0.3) is 0 Å². The highest BCUT2D eigenvalue weighted by atomic mass is 33.1. The molecule has 0 rings (SSSR count). The lowest BCUT2D eigenvalue weighted by Gasteiger charge is -1.84. The summed E-state index contributed by atoms with van der Waals surface area (Å²) in [6.45, 7) is 0. The van der Waals surface area contributed by atoms with Gasteiger partial charge in [0.1, 0.15) is 0 Å². The van der Waals surface area contributed by atoms with Crippen LogP contribution < -0.4 is 0 Å². The fourth-order valence-corrected chi connectivity index (χ4v) is 2.01. The van der Waals surface area contributed by atoms with E-state index in [1.807, 2.05) is 0 Å². The van der Waals surface area contributed by atoms with Crippen LogP contribution in [0.5, 0.6) is 0 Å². The minimum Gasteiger partial charge on any atom is -0.111 e. The second-order valence-corrected chi connectivity index (χ2v) is 3.55. The molecular formula is C2H6S4. The molecule has 0 radical (unpaired) electrons. The summed E-state index contributed by atoms with van der Waals surface area (Å²) in [5.74, 6) is 2.16. The zero-order chi connectivity index (χ0) is 4.83. The van der Waals surface area contributed by atoms with Crippen molar-refractivity contribution in [1.82, 2.24) is 0 Å². The molecule has 0 unspecified atom stereocenters. The van der Waals surface area contributed by atoms with Crippen LogP contribution in [0.15, 0.2) is 0 Å². The van der Waals surface area contributed by atoms with Crippen LogP contribution in [0.4, 0.5) is 0 Å². The van der Waals surface area contributed by atoms with Crippen molar-refractivity contribution in [3.8, 4) is 0 Å². The molecule has 0 amide bonds. The molecule has 4 heteroatoms. The van der Waals surface area contributed by atoms with Crippen molar-refractivity contribution in [2.75, 3.05) is 11.5 Å². The predicted molar refractivity (Wildman–Crippen MR) is 42.9 cm³/mol. The molecule has 0 heterocycles. The summed E-state index contributed by atoms with van der Waals surface area (Å²) in [5, 5.41) is 0. The van der Waals surface area contributed by atoms with E-state index in [4.69, 9.17) is 0 Å². The topological polar surface area (TPSA) is 0 Å². The molecule has 0 aliphatic heterocycles. The second-order valence-electron chi connectivity index (χ2n) is 0.666. The van der Waals surface area contributed by atoms with Gasteiger partial charge in [-0.3, -0.25) is 0 Å². The Morgan fingerprint density at radius 2 is 1.33 bits per heavy atom. The Morgan fingerprint density at radius 3 is 1.50 bits per heavy atom. The van der Waals surface area contributed by atoms with Gasteiger partial charge >= 0.3 is 0 Å². The summed E-state index contributed by atoms with van der Waals surface area (Å²) in [6, 6.07) is 0. The molecule has 0 aliphatic carbocycles. The van der Waals surface area contributed by atoms with Crippen molar-refractivity contribution in [1.29, 1.82) is 0 Å². The van der Waals surface area contributed by atoms with Gasteiger partial charge in [-0.25, -0.2) is 0 Å². The van der Waals surface area contributed by atoms with Crippen LogP contribution in [0.1, 0.15) is 0 Å². The highest BCUT2D eigenvalue weighted by molar-refractivity contribution is 8.70. The second kappa shape index (κ2) is 6.40. The Balaban J connectivity index is 2.34. The Morgan fingerprint density at radius 1 is 1.00 bits per heavy atom.